The van der Waals surface area contributed by atoms with Gasteiger partial charge in [-0.05, 0) is 91.9 Å². The molecule has 1 saturated heterocycles. The minimum atomic E-state index is -0.324. The maximum absolute atomic E-state index is 15.5. The Balaban J connectivity index is 1.34. The number of nitrogens with one attached hydrogen (secondary N) is 1. The number of thioether (sulfide) groups is 1. The number of carbonyl (C=O) groups excluding carboxylic acids is 1. The Labute approximate surface area is 238 Å². The molecule has 40 heavy (non-hydrogen) atoms. The van der Waals surface area contributed by atoms with Crippen LogP contribution < -0.4 is 4.90 Å². The van der Waals surface area contributed by atoms with Crippen LogP contribution in [0.25, 0.3) is 17.0 Å². The molecular formula is C33H33FN4OS. The number of benzene rings is 3. The van der Waals surface area contributed by atoms with Gasteiger partial charge in [-0.1, -0.05) is 43.3 Å². The van der Waals surface area contributed by atoms with E-state index in [9.17, 15) is 4.79 Å². The maximum atomic E-state index is 15.5. The first kappa shape index (κ1) is 26.4. The fraction of sp³-hybridized carbons (Fsp3) is 0.273. The molecule has 2 aliphatic rings. The van der Waals surface area contributed by atoms with Gasteiger partial charge in [-0.3, -0.25) is 9.69 Å². The number of hydrogen-bond donors (Lipinski definition) is 1. The molecule has 1 amide bonds. The zero-order chi connectivity index (χ0) is 28.0. The molecule has 3 heterocycles. The summed E-state index contributed by atoms with van der Waals surface area (Å²) in [5.74, 6) is -0.188. The zero-order valence-electron chi connectivity index (χ0n) is 23.2. The molecule has 0 spiro atoms. The Morgan fingerprint density at radius 1 is 1.12 bits per heavy atom. The van der Waals surface area contributed by atoms with E-state index in [1.807, 2.05) is 67.8 Å². The fourth-order valence-electron chi connectivity index (χ4n) is 5.83. The Morgan fingerprint density at radius 2 is 1.88 bits per heavy atom. The maximum Gasteiger partial charge on any atom is 0.266 e. The second-order valence-corrected chi connectivity index (χ2v) is 12.3. The number of para-hydroxylation sites is 2. The molecule has 1 atom stereocenters. The molecule has 0 saturated carbocycles. The van der Waals surface area contributed by atoms with E-state index < -0.39 is 0 Å². The summed E-state index contributed by atoms with van der Waals surface area (Å²) in [5, 5.41) is 1.76. The summed E-state index contributed by atoms with van der Waals surface area (Å²) in [6.07, 6.45) is 5.35. The molecule has 204 valence electrons. The van der Waals surface area contributed by atoms with Gasteiger partial charge in [0, 0.05) is 47.5 Å². The molecule has 0 aliphatic carbocycles. The van der Waals surface area contributed by atoms with Crippen LogP contribution in [0.1, 0.15) is 49.8 Å². The van der Waals surface area contributed by atoms with Gasteiger partial charge in [-0.25, -0.2) is 9.38 Å². The van der Waals surface area contributed by atoms with E-state index in [4.69, 9.17) is 4.99 Å². The molecule has 6 rings (SSSR count). The van der Waals surface area contributed by atoms with Gasteiger partial charge in [-0.2, -0.15) is 0 Å². The van der Waals surface area contributed by atoms with Crippen molar-refractivity contribution < 1.29 is 9.18 Å². The molecule has 1 fully saturated rings. The van der Waals surface area contributed by atoms with Gasteiger partial charge in [0.1, 0.15) is 5.82 Å². The topological polar surface area (TPSA) is 51.7 Å². The van der Waals surface area contributed by atoms with Crippen molar-refractivity contribution in [3.63, 3.8) is 0 Å². The Bertz CT molecular complexity index is 1660. The third-order valence-corrected chi connectivity index (χ3v) is 9.19. The van der Waals surface area contributed by atoms with Crippen LogP contribution in [0, 0.1) is 5.82 Å². The highest BCUT2D eigenvalue weighted by Gasteiger charge is 2.36. The summed E-state index contributed by atoms with van der Waals surface area (Å²) in [5.41, 5.74) is 5.41. The number of fused-ring (bicyclic) bond motifs is 2. The molecule has 7 heteroatoms. The third-order valence-electron chi connectivity index (χ3n) is 8.19. The van der Waals surface area contributed by atoms with Crippen molar-refractivity contribution in [2.75, 3.05) is 18.5 Å². The molecule has 2 aliphatic heterocycles. The minimum Gasteiger partial charge on any atom is -0.369 e. The number of hydrogen-bond acceptors (Lipinski definition) is 4. The summed E-state index contributed by atoms with van der Waals surface area (Å²) in [4.78, 5) is 26.2. The lowest BCUT2D eigenvalue weighted by molar-refractivity contribution is -0.122. The standard InChI is InChI=1S/C33H33FN4OS/c1-21-19-33(2,3)37(4)29-18-27(34)23(16-26(21)29)17-30-31(39)38(32(40-30)36-24-10-6-5-7-11-24)15-14-22-20-35-28-13-9-8-12-25(22)28/h5-13,16-18,20-21,35H,14-15,19H2,1-4H3/b30-17+,36-32?. The van der Waals surface area contributed by atoms with E-state index in [2.05, 4.69) is 36.7 Å². The van der Waals surface area contributed by atoms with Gasteiger partial charge >= 0.3 is 0 Å². The summed E-state index contributed by atoms with van der Waals surface area (Å²) >= 11 is 1.31. The molecular weight excluding hydrogens is 519 g/mol. The monoisotopic (exact) mass is 552 g/mol. The van der Waals surface area contributed by atoms with Crippen LogP contribution in [0.5, 0.6) is 0 Å². The van der Waals surface area contributed by atoms with Crippen molar-refractivity contribution in [3.05, 3.63) is 100 Å². The minimum absolute atomic E-state index is 0.0514. The smallest absolute Gasteiger partial charge is 0.266 e. The summed E-state index contributed by atoms with van der Waals surface area (Å²) in [6.45, 7) is 7.04. The Kier molecular flexibility index (Phi) is 6.78. The van der Waals surface area contributed by atoms with Gasteiger partial charge < -0.3 is 9.88 Å². The lowest BCUT2D eigenvalue weighted by Crippen LogP contribution is -2.45. The van der Waals surface area contributed by atoms with E-state index in [1.165, 1.54) is 11.8 Å². The van der Waals surface area contributed by atoms with Crippen LogP contribution in [0.3, 0.4) is 0 Å². The average Bonchev–Trinajstić information content (AvgIpc) is 3.47. The SMILES string of the molecule is CC1CC(C)(C)N(C)c2cc(F)c(/C=C3/SC(=Nc4ccccc4)N(CCc4c[nH]c5ccccc45)C3=O)cc21. The first-order valence-corrected chi connectivity index (χ1v) is 14.5. The number of amidine groups is 1. The van der Waals surface area contributed by atoms with Crippen molar-refractivity contribution in [1.82, 2.24) is 9.88 Å². The quantitative estimate of drug-likeness (QED) is 0.256. The highest BCUT2D eigenvalue weighted by atomic mass is 32.2. The second-order valence-electron chi connectivity index (χ2n) is 11.3. The Morgan fingerprint density at radius 3 is 2.67 bits per heavy atom. The number of rotatable bonds is 5. The van der Waals surface area contributed by atoms with Crippen LogP contribution >= 0.6 is 11.8 Å². The average molecular weight is 553 g/mol. The van der Waals surface area contributed by atoms with E-state index in [1.54, 1.807) is 17.0 Å². The number of halogens is 1. The highest BCUT2D eigenvalue weighted by Crippen LogP contribution is 2.44. The number of carbonyl (C=O) groups is 1. The van der Waals surface area contributed by atoms with Crippen molar-refractivity contribution in [2.24, 2.45) is 4.99 Å². The van der Waals surface area contributed by atoms with Gasteiger partial charge in [-0.15, -0.1) is 0 Å². The van der Waals surface area contributed by atoms with Gasteiger partial charge in [0.2, 0.25) is 0 Å². The van der Waals surface area contributed by atoms with Crippen LogP contribution in [0.2, 0.25) is 0 Å². The zero-order valence-corrected chi connectivity index (χ0v) is 24.1. The molecule has 1 aromatic heterocycles. The molecule has 1 N–H and O–H groups in total. The molecule has 0 bridgehead atoms. The molecule has 4 aromatic rings. The predicted molar refractivity (Wildman–Crippen MR) is 165 cm³/mol. The molecule has 5 nitrogen and oxygen atoms in total. The van der Waals surface area contributed by atoms with Gasteiger partial charge in [0.25, 0.3) is 5.91 Å². The number of aromatic nitrogens is 1. The van der Waals surface area contributed by atoms with E-state index in [0.717, 1.165) is 39.8 Å². The lowest BCUT2D eigenvalue weighted by Gasteiger charge is -2.45. The van der Waals surface area contributed by atoms with E-state index in [0.29, 0.717) is 28.6 Å². The van der Waals surface area contributed by atoms with Crippen LogP contribution in [-0.2, 0) is 11.2 Å². The molecule has 0 radical (unpaired) electrons. The van der Waals surface area contributed by atoms with Crippen LogP contribution in [0.4, 0.5) is 15.8 Å². The number of nitrogens with zero attached hydrogens (tertiary/aromatic N) is 3. The van der Waals surface area contributed by atoms with Crippen molar-refractivity contribution in [2.45, 2.75) is 45.1 Å². The fourth-order valence-corrected chi connectivity index (χ4v) is 6.84. The van der Waals surface area contributed by atoms with E-state index in [-0.39, 0.29) is 23.2 Å². The summed E-state index contributed by atoms with van der Waals surface area (Å²) in [6, 6.07) is 21.3. The van der Waals surface area contributed by atoms with Gasteiger partial charge in [0.15, 0.2) is 5.17 Å². The predicted octanol–water partition coefficient (Wildman–Crippen LogP) is 7.88. The number of H-pyrrole nitrogens is 1. The normalized spacial score (nSPS) is 20.6. The highest BCUT2D eigenvalue weighted by molar-refractivity contribution is 8.18. The Hall–Kier alpha value is -3.84. The number of amides is 1. The summed E-state index contributed by atoms with van der Waals surface area (Å²) in [7, 11) is 2.02. The third kappa shape index (κ3) is 4.83. The number of aromatic amines is 1. The summed E-state index contributed by atoms with van der Waals surface area (Å²) < 4.78 is 15.5. The van der Waals surface area contributed by atoms with Crippen molar-refractivity contribution in [3.8, 4) is 0 Å². The number of anilines is 1. The van der Waals surface area contributed by atoms with Crippen LogP contribution in [-0.4, -0.2) is 40.1 Å². The van der Waals surface area contributed by atoms with Crippen molar-refractivity contribution in [1.29, 1.82) is 0 Å². The van der Waals surface area contributed by atoms with E-state index >= 15 is 4.39 Å². The second kappa shape index (κ2) is 10.3. The molecule has 3 aromatic carbocycles. The number of aliphatic imine (C=N–C) groups is 1. The largest absolute Gasteiger partial charge is 0.369 e. The molecule has 1 unspecified atom stereocenters. The first-order chi connectivity index (χ1) is 19.2. The van der Waals surface area contributed by atoms with Gasteiger partial charge in [0.05, 0.1) is 10.6 Å². The first-order valence-electron chi connectivity index (χ1n) is 13.7. The van der Waals surface area contributed by atoms with Crippen molar-refractivity contribution >= 4 is 51.2 Å². The lowest BCUT2D eigenvalue weighted by atomic mass is 9.80. The van der Waals surface area contributed by atoms with Crippen LogP contribution in [0.15, 0.2) is 82.8 Å².